The Morgan fingerprint density at radius 2 is 1.87 bits per heavy atom. The van der Waals surface area contributed by atoms with Gasteiger partial charge in [0.25, 0.3) is 5.56 Å². The number of piperazine rings is 1. The molecular formula is C19H21F3N6O2. The van der Waals surface area contributed by atoms with Crippen molar-refractivity contribution in [3.63, 3.8) is 0 Å². The number of aryl methyl sites for hydroxylation is 1. The Bertz CT molecular complexity index is 997. The number of rotatable bonds is 3. The molecule has 8 nitrogen and oxygen atoms in total. The number of nitrogens with one attached hydrogen (secondary N) is 1. The van der Waals surface area contributed by atoms with Crippen molar-refractivity contribution in [1.82, 2.24) is 25.1 Å². The molecule has 0 radical (unpaired) electrons. The summed E-state index contributed by atoms with van der Waals surface area (Å²) in [6.07, 6.45) is -0.727. The fraction of sp³-hybridized carbons (Fsp3) is 0.526. The molecule has 1 N–H and O–H groups in total. The third kappa shape index (κ3) is 3.88. The smallest absolute Gasteiger partial charge is 0.339 e. The molecule has 1 fully saturated rings. The summed E-state index contributed by atoms with van der Waals surface area (Å²) >= 11 is 0. The van der Waals surface area contributed by atoms with Crippen LogP contribution < -0.4 is 10.5 Å². The number of anilines is 1. The lowest BCUT2D eigenvalue weighted by Crippen LogP contribution is -2.49. The summed E-state index contributed by atoms with van der Waals surface area (Å²) in [6.45, 7) is 4.05. The van der Waals surface area contributed by atoms with Crippen molar-refractivity contribution in [3.8, 4) is 0 Å². The van der Waals surface area contributed by atoms with E-state index >= 15 is 0 Å². The predicted octanol–water partition coefficient (Wildman–Crippen LogP) is 1.66. The van der Waals surface area contributed by atoms with Crippen LogP contribution in [-0.2, 0) is 17.4 Å². The first-order valence-corrected chi connectivity index (χ1v) is 9.74. The molecule has 0 aromatic carbocycles. The van der Waals surface area contributed by atoms with Gasteiger partial charge in [0.2, 0.25) is 11.9 Å². The number of carbonyl (C=O) groups is 1. The lowest BCUT2D eigenvalue weighted by Gasteiger charge is -2.35. The van der Waals surface area contributed by atoms with Crippen molar-refractivity contribution in [2.24, 2.45) is 0 Å². The van der Waals surface area contributed by atoms with E-state index in [9.17, 15) is 22.8 Å². The number of aromatic nitrogens is 4. The molecule has 3 heterocycles. The Balaban J connectivity index is 1.41. The number of hydrogen-bond donors (Lipinski definition) is 1. The normalized spacial score (nSPS) is 19.1. The first kappa shape index (κ1) is 20.3. The van der Waals surface area contributed by atoms with E-state index in [0.717, 1.165) is 5.56 Å². The minimum Gasteiger partial charge on any atom is -0.339 e. The molecule has 0 unspecified atom stereocenters. The molecule has 1 saturated heterocycles. The van der Waals surface area contributed by atoms with Gasteiger partial charge in [0.05, 0.1) is 5.69 Å². The summed E-state index contributed by atoms with van der Waals surface area (Å²) in [4.78, 5) is 36.7. The van der Waals surface area contributed by atoms with Crippen LogP contribution in [0.2, 0.25) is 0 Å². The second-order valence-electron chi connectivity index (χ2n) is 7.66. The fourth-order valence-corrected chi connectivity index (χ4v) is 4.09. The summed E-state index contributed by atoms with van der Waals surface area (Å²) in [5, 5.41) is 5.78. The van der Waals surface area contributed by atoms with Gasteiger partial charge in [-0.3, -0.25) is 9.59 Å². The molecule has 160 valence electrons. The Morgan fingerprint density at radius 1 is 1.20 bits per heavy atom. The molecule has 11 heteroatoms. The molecule has 1 aliphatic carbocycles. The number of halogens is 3. The van der Waals surface area contributed by atoms with Crippen LogP contribution in [0.25, 0.3) is 0 Å². The van der Waals surface area contributed by atoms with Crippen LogP contribution in [0.5, 0.6) is 0 Å². The molecule has 0 spiro atoms. The predicted molar refractivity (Wildman–Crippen MR) is 101 cm³/mol. The average Bonchev–Trinajstić information content (AvgIpc) is 3.10. The van der Waals surface area contributed by atoms with Crippen LogP contribution in [0.1, 0.15) is 41.1 Å². The van der Waals surface area contributed by atoms with Crippen molar-refractivity contribution >= 4 is 11.9 Å². The molecule has 1 aliphatic heterocycles. The third-order valence-electron chi connectivity index (χ3n) is 5.63. The Labute approximate surface area is 170 Å². The molecular weight excluding hydrogens is 401 g/mol. The highest BCUT2D eigenvalue weighted by Gasteiger charge is 2.41. The van der Waals surface area contributed by atoms with Crippen LogP contribution in [0.4, 0.5) is 19.1 Å². The van der Waals surface area contributed by atoms with Crippen LogP contribution in [-0.4, -0.2) is 57.2 Å². The first-order valence-electron chi connectivity index (χ1n) is 9.74. The van der Waals surface area contributed by atoms with Gasteiger partial charge in [-0.15, -0.1) is 0 Å². The van der Waals surface area contributed by atoms with Gasteiger partial charge in [0, 0.05) is 50.9 Å². The van der Waals surface area contributed by atoms with Gasteiger partial charge in [0.1, 0.15) is 5.56 Å². The Hall–Kier alpha value is -2.98. The summed E-state index contributed by atoms with van der Waals surface area (Å²) in [5.74, 6) is 0.0630. The zero-order valence-corrected chi connectivity index (χ0v) is 16.4. The standard InChI is InChI=1S/C19H21F3N6O2/c1-11-9-23-18(24-10-11)28-6-4-27(5-7-28)14(29)8-12-2-3-13-15(19(20,21)22)17(30)26-25-16(12)13/h9-10,12H,2-8H2,1H3,(H,26,30)/t12-/m0/s1. The van der Waals surface area contributed by atoms with Crippen LogP contribution in [0.3, 0.4) is 0 Å². The van der Waals surface area contributed by atoms with Gasteiger partial charge < -0.3 is 9.80 Å². The molecule has 2 aromatic rings. The van der Waals surface area contributed by atoms with Gasteiger partial charge >= 0.3 is 6.18 Å². The molecule has 4 rings (SSSR count). The van der Waals surface area contributed by atoms with E-state index in [0.29, 0.717) is 38.5 Å². The maximum Gasteiger partial charge on any atom is 0.422 e. The highest BCUT2D eigenvalue weighted by Crippen LogP contribution is 2.39. The number of hydrogen-bond acceptors (Lipinski definition) is 6. The van der Waals surface area contributed by atoms with Crippen molar-refractivity contribution in [2.75, 3.05) is 31.1 Å². The molecule has 0 saturated carbocycles. The number of amides is 1. The van der Waals surface area contributed by atoms with E-state index in [4.69, 9.17) is 0 Å². The molecule has 30 heavy (non-hydrogen) atoms. The Kier molecular flexibility index (Phi) is 5.20. The number of carbonyl (C=O) groups excluding carboxylic acids is 1. The van der Waals surface area contributed by atoms with E-state index in [-0.39, 0.29) is 30.0 Å². The molecule has 0 bridgehead atoms. The third-order valence-corrected chi connectivity index (χ3v) is 5.63. The maximum atomic E-state index is 13.2. The average molecular weight is 422 g/mol. The van der Waals surface area contributed by atoms with Crippen molar-refractivity contribution in [2.45, 2.75) is 38.3 Å². The van der Waals surface area contributed by atoms with Crippen LogP contribution >= 0.6 is 0 Å². The van der Waals surface area contributed by atoms with Crippen LogP contribution in [0, 0.1) is 6.92 Å². The number of alkyl halides is 3. The molecule has 1 amide bonds. The highest BCUT2D eigenvalue weighted by atomic mass is 19.4. The lowest BCUT2D eigenvalue weighted by atomic mass is 10.0. The van der Waals surface area contributed by atoms with E-state index in [1.54, 1.807) is 17.3 Å². The minimum absolute atomic E-state index is 0.0738. The van der Waals surface area contributed by atoms with E-state index in [1.165, 1.54) is 0 Å². The topological polar surface area (TPSA) is 95.1 Å². The quantitative estimate of drug-likeness (QED) is 0.809. The summed E-state index contributed by atoms with van der Waals surface area (Å²) < 4.78 is 39.7. The molecule has 1 atom stereocenters. The van der Waals surface area contributed by atoms with E-state index in [2.05, 4.69) is 15.1 Å². The van der Waals surface area contributed by atoms with Gasteiger partial charge in [-0.05, 0) is 30.9 Å². The monoisotopic (exact) mass is 422 g/mol. The van der Waals surface area contributed by atoms with Crippen molar-refractivity contribution < 1.29 is 18.0 Å². The maximum absolute atomic E-state index is 13.2. The summed E-state index contributed by atoms with van der Waals surface area (Å²) in [7, 11) is 0. The van der Waals surface area contributed by atoms with E-state index in [1.807, 2.05) is 16.9 Å². The van der Waals surface area contributed by atoms with Gasteiger partial charge in [-0.25, -0.2) is 15.1 Å². The van der Waals surface area contributed by atoms with Crippen molar-refractivity contribution in [3.05, 3.63) is 45.1 Å². The number of H-pyrrole nitrogens is 1. The number of fused-ring (bicyclic) bond motifs is 1. The first-order chi connectivity index (χ1) is 14.2. The van der Waals surface area contributed by atoms with Gasteiger partial charge in [0.15, 0.2) is 0 Å². The summed E-state index contributed by atoms with van der Waals surface area (Å²) in [5.41, 5.74) is -1.35. The fourth-order valence-electron chi connectivity index (χ4n) is 4.09. The molecule has 2 aromatic heterocycles. The Morgan fingerprint density at radius 3 is 2.50 bits per heavy atom. The van der Waals surface area contributed by atoms with Crippen molar-refractivity contribution in [1.29, 1.82) is 0 Å². The van der Waals surface area contributed by atoms with Crippen LogP contribution in [0.15, 0.2) is 17.2 Å². The zero-order valence-electron chi connectivity index (χ0n) is 16.4. The van der Waals surface area contributed by atoms with Gasteiger partial charge in [-0.1, -0.05) is 0 Å². The lowest BCUT2D eigenvalue weighted by molar-refractivity contribution is -0.139. The van der Waals surface area contributed by atoms with Gasteiger partial charge in [-0.2, -0.15) is 18.3 Å². The highest BCUT2D eigenvalue weighted by molar-refractivity contribution is 5.77. The SMILES string of the molecule is Cc1cnc(N2CCN(C(=O)C[C@@H]3CCc4c3n[nH]c(=O)c4C(F)(F)F)CC2)nc1. The zero-order chi connectivity index (χ0) is 21.5. The molecule has 2 aliphatic rings. The number of nitrogens with zero attached hydrogens (tertiary/aromatic N) is 5. The largest absolute Gasteiger partial charge is 0.422 e. The summed E-state index contributed by atoms with van der Waals surface area (Å²) in [6, 6.07) is 0. The minimum atomic E-state index is -4.74. The second-order valence-corrected chi connectivity index (χ2v) is 7.66. The van der Waals surface area contributed by atoms with E-state index < -0.39 is 23.2 Å². The second kappa shape index (κ2) is 7.69. The number of aromatic amines is 1.